The molecule has 2 saturated heterocycles. The molecular formula is C18H37N3. The number of rotatable bonds is 6. The van der Waals surface area contributed by atoms with Gasteiger partial charge in [0.1, 0.15) is 0 Å². The van der Waals surface area contributed by atoms with Crippen LogP contribution in [0.5, 0.6) is 0 Å². The summed E-state index contributed by atoms with van der Waals surface area (Å²) >= 11 is 0. The summed E-state index contributed by atoms with van der Waals surface area (Å²) in [6, 6.07) is 0.714. The van der Waals surface area contributed by atoms with E-state index in [1.807, 2.05) is 0 Å². The number of nitrogens with zero attached hydrogens (tertiary/aromatic N) is 3. The van der Waals surface area contributed by atoms with Crippen molar-refractivity contribution in [3.8, 4) is 0 Å². The Hall–Kier alpha value is -0.120. The number of likely N-dealkylation sites (tertiary alicyclic amines) is 1. The molecule has 2 aliphatic rings. The molecule has 0 atom stereocenters. The van der Waals surface area contributed by atoms with Crippen molar-refractivity contribution >= 4 is 0 Å². The van der Waals surface area contributed by atoms with Crippen LogP contribution in [0.3, 0.4) is 0 Å². The van der Waals surface area contributed by atoms with Crippen LogP contribution >= 0.6 is 0 Å². The van der Waals surface area contributed by atoms with Crippen LogP contribution < -0.4 is 0 Å². The van der Waals surface area contributed by atoms with Gasteiger partial charge in [-0.15, -0.1) is 0 Å². The van der Waals surface area contributed by atoms with Gasteiger partial charge in [0.05, 0.1) is 0 Å². The van der Waals surface area contributed by atoms with E-state index in [2.05, 4.69) is 49.3 Å². The second-order valence-electron chi connectivity index (χ2n) is 8.70. The van der Waals surface area contributed by atoms with Gasteiger partial charge in [0.15, 0.2) is 0 Å². The lowest BCUT2D eigenvalue weighted by atomic mass is 9.84. The lowest BCUT2D eigenvalue weighted by molar-refractivity contribution is 0.0558. The lowest BCUT2D eigenvalue weighted by Crippen LogP contribution is -2.53. The highest BCUT2D eigenvalue weighted by Crippen LogP contribution is 2.28. The molecule has 21 heavy (non-hydrogen) atoms. The molecule has 0 spiro atoms. The Labute approximate surface area is 132 Å². The van der Waals surface area contributed by atoms with Gasteiger partial charge in [0.2, 0.25) is 0 Å². The Morgan fingerprint density at radius 1 is 0.905 bits per heavy atom. The fraction of sp³-hybridized carbons (Fsp3) is 1.00. The predicted molar refractivity (Wildman–Crippen MR) is 91.8 cm³/mol. The first-order chi connectivity index (χ1) is 9.83. The third-order valence-corrected chi connectivity index (χ3v) is 5.21. The summed E-state index contributed by atoms with van der Waals surface area (Å²) in [5, 5.41) is 0. The molecule has 0 radical (unpaired) electrons. The maximum atomic E-state index is 2.65. The van der Waals surface area contributed by atoms with Crippen LogP contribution in [0.4, 0.5) is 0 Å². The maximum absolute atomic E-state index is 2.65. The summed E-state index contributed by atoms with van der Waals surface area (Å²) < 4.78 is 0. The van der Waals surface area contributed by atoms with E-state index >= 15 is 0 Å². The largest absolute Gasteiger partial charge is 0.301 e. The van der Waals surface area contributed by atoms with Crippen molar-refractivity contribution in [2.45, 2.75) is 53.5 Å². The van der Waals surface area contributed by atoms with E-state index in [0.717, 1.165) is 5.92 Å². The summed E-state index contributed by atoms with van der Waals surface area (Å²) in [7, 11) is 0. The molecule has 0 bridgehead atoms. The molecular weight excluding hydrogens is 258 g/mol. The molecule has 2 aliphatic heterocycles. The van der Waals surface area contributed by atoms with Crippen molar-refractivity contribution in [2.75, 3.05) is 52.4 Å². The lowest BCUT2D eigenvalue weighted by Gasteiger charge is -2.42. The Bertz CT molecular complexity index is 294. The first-order valence-corrected chi connectivity index (χ1v) is 9.02. The monoisotopic (exact) mass is 295 g/mol. The van der Waals surface area contributed by atoms with Gasteiger partial charge in [-0.3, -0.25) is 9.80 Å². The SMILES string of the molecule is CC(C)N1CCN(CCN2CC(CCC(C)(C)C)C2)CC1. The van der Waals surface area contributed by atoms with E-state index in [0.29, 0.717) is 11.5 Å². The second kappa shape index (κ2) is 7.43. The molecule has 0 aromatic rings. The zero-order valence-electron chi connectivity index (χ0n) is 15.1. The standard InChI is InChI=1S/C18H37N3/c1-16(2)21-12-10-19(11-13-21)8-9-20-14-17(15-20)6-7-18(3,4)5/h16-17H,6-15H2,1-5H3. The summed E-state index contributed by atoms with van der Waals surface area (Å²) in [5.74, 6) is 0.974. The molecule has 0 aromatic carbocycles. The number of piperazine rings is 1. The highest BCUT2D eigenvalue weighted by Gasteiger charge is 2.28. The molecule has 0 unspecified atom stereocenters. The molecule has 3 heteroatoms. The van der Waals surface area contributed by atoms with Crippen molar-refractivity contribution in [3.63, 3.8) is 0 Å². The van der Waals surface area contributed by atoms with Gasteiger partial charge < -0.3 is 4.90 Å². The summed E-state index contributed by atoms with van der Waals surface area (Å²) in [4.78, 5) is 7.91. The van der Waals surface area contributed by atoms with E-state index in [4.69, 9.17) is 0 Å². The zero-order valence-corrected chi connectivity index (χ0v) is 15.1. The van der Waals surface area contributed by atoms with Crippen LogP contribution in [-0.4, -0.2) is 73.1 Å². The van der Waals surface area contributed by atoms with Crippen LogP contribution in [0, 0.1) is 11.3 Å². The average Bonchev–Trinajstić information content (AvgIpc) is 2.35. The smallest absolute Gasteiger partial charge is 0.0113 e. The Morgan fingerprint density at radius 3 is 2.00 bits per heavy atom. The third-order valence-electron chi connectivity index (χ3n) is 5.21. The van der Waals surface area contributed by atoms with Gasteiger partial charge in [-0.2, -0.15) is 0 Å². The van der Waals surface area contributed by atoms with E-state index < -0.39 is 0 Å². The van der Waals surface area contributed by atoms with Crippen LogP contribution in [0.2, 0.25) is 0 Å². The minimum Gasteiger partial charge on any atom is -0.301 e. The molecule has 0 N–H and O–H groups in total. The summed E-state index contributed by atoms with van der Waals surface area (Å²) in [5.41, 5.74) is 0.510. The quantitative estimate of drug-likeness (QED) is 0.746. The van der Waals surface area contributed by atoms with Gasteiger partial charge in [-0.05, 0) is 38.0 Å². The average molecular weight is 296 g/mol. The van der Waals surface area contributed by atoms with Crippen LogP contribution in [-0.2, 0) is 0 Å². The first kappa shape index (κ1) is 17.2. The van der Waals surface area contributed by atoms with E-state index in [9.17, 15) is 0 Å². The Balaban J connectivity index is 1.52. The van der Waals surface area contributed by atoms with Gasteiger partial charge in [-0.1, -0.05) is 20.8 Å². The highest BCUT2D eigenvalue weighted by atomic mass is 15.3. The van der Waals surface area contributed by atoms with Gasteiger partial charge >= 0.3 is 0 Å². The molecule has 2 heterocycles. The minimum atomic E-state index is 0.510. The van der Waals surface area contributed by atoms with E-state index in [1.54, 1.807) is 0 Å². The minimum absolute atomic E-state index is 0.510. The van der Waals surface area contributed by atoms with E-state index in [-0.39, 0.29) is 0 Å². The first-order valence-electron chi connectivity index (χ1n) is 9.02. The highest BCUT2D eigenvalue weighted by molar-refractivity contribution is 4.82. The van der Waals surface area contributed by atoms with Crippen molar-refractivity contribution in [1.29, 1.82) is 0 Å². The fourth-order valence-corrected chi connectivity index (χ4v) is 3.47. The molecule has 0 aliphatic carbocycles. The molecule has 3 nitrogen and oxygen atoms in total. The molecule has 0 amide bonds. The van der Waals surface area contributed by atoms with Crippen LogP contribution in [0.25, 0.3) is 0 Å². The normalized spacial score (nSPS) is 23.7. The van der Waals surface area contributed by atoms with Crippen molar-refractivity contribution in [3.05, 3.63) is 0 Å². The maximum Gasteiger partial charge on any atom is 0.0113 e. The van der Waals surface area contributed by atoms with E-state index in [1.165, 1.54) is 65.2 Å². The van der Waals surface area contributed by atoms with Crippen molar-refractivity contribution in [1.82, 2.24) is 14.7 Å². The van der Waals surface area contributed by atoms with Crippen molar-refractivity contribution in [2.24, 2.45) is 11.3 Å². The molecule has 2 rings (SSSR count). The third kappa shape index (κ3) is 5.88. The number of hydrogen-bond acceptors (Lipinski definition) is 3. The zero-order chi connectivity index (χ0) is 15.5. The van der Waals surface area contributed by atoms with Gasteiger partial charge in [-0.25, -0.2) is 0 Å². The Morgan fingerprint density at radius 2 is 1.48 bits per heavy atom. The molecule has 2 fully saturated rings. The number of hydrogen-bond donors (Lipinski definition) is 0. The van der Waals surface area contributed by atoms with Gasteiger partial charge in [0.25, 0.3) is 0 Å². The van der Waals surface area contributed by atoms with Crippen LogP contribution in [0.1, 0.15) is 47.5 Å². The molecule has 124 valence electrons. The van der Waals surface area contributed by atoms with Crippen molar-refractivity contribution < 1.29 is 0 Å². The Kier molecular flexibility index (Phi) is 6.10. The van der Waals surface area contributed by atoms with Gasteiger partial charge in [0, 0.05) is 58.4 Å². The predicted octanol–water partition coefficient (Wildman–Crippen LogP) is 2.77. The van der Waals surface area contributed by atoms with Crippen LogP contribution in [0.15, 0.2) is 0 Å². The second-order valence-corrected chi connectivity index (χ2v) is 8.70. The topological polar surface area (TPSA) is 9.72 Å². The molecule has 0 saturated carbocycles. The fourth-order valence-electron chi connectivity index (χ4n) is 3.47. The summed E-state index contributed by atoms with van der Waals surface area (Å²) in [6.45, 7) is 22.0. The summed E-state index contributed by atoms with van der Waals surface area (Å²) in [6.07, 6.45) is 2.80. The molecule has 0 aromatic heterocycles.